The second-order valence-electron chi connectivity index (χ2n) is 0. The minimum absolute atomic E-state index is 0. The molecule has 0 saturated carbocycles. The van der Waals surface area contributed by atoms with Crippen molar-refractivity contribution < 1.29 is 35.7 Å². The Morgan fingerprint density at radius 1 is 0.500 bits per heavy atom. The standard InChI is InChI=1S/Ca.4ClO.Cu/c;4*1-2;/q+2;4*-1;+2. The molecular formula is CaCl4CuO4. The molecule has 0 fully saturated rings. The second kappa shape index (κ2) is 177. The van der Waals surface area contributed by atoms with Gasteiger partial charge in [0.25, 0.3) is 0 Å². The molecule has 0 unspecified atom stereocenters. The van der Waals surface area contributed by atoms with Gasteiger partial charge in [-0.05, 0) is 0 Å². The summed E-state index contributed by atoms with van der Waals surface area (Å²) in [6.07, 6.45) is 0. The first-order chi connectivity index (χ1) is 4.00. The Bertz CT molecular complexity index is 17.2. The van der Waals surface area contributed by atoms with Crippen LogP contribution in [0.1, 0.15) is 0 Å². The van der Waals surface area contributed by atoms with Gasteiger partial charge >= 0.3 is 54.8 Å². The van der Waals surface area contributed by atoms with E-state index in [9.17, 15) is 0 Å². The van der Waals surface area contributed by atoms with Crippen molar-refractivity contribution >= 4 is 85.2 Å². The van der Waals surface area contributed by atoms with Gasteiger partial charge in [-0.15, -0.1) is 0 Å². The first-order valence-electron chi connectivity index (χ1n) is 0.617. The van der Waals surface area contributed by atoms with E-state index in [1.165, 1.54) is 0 Å². The maximum atomic E-state index is 7.72. The van der Waals surface area contributed by atoms with Crippen molar-refractivity contribution in [1.29, 1.82) is 0 Å². The molecule has 0 bridgehead atoms. The maximum Gasteiger partial charge on any atom is 2.00 e. The summed E-state index contributed by atoms with van der Waals surface area (Å²) in [6, 6.07) is 0. The number of halogens is 4. The predicted molar refractivity (Wildman–Crippen MR) is 29.2 cm³/mol. The predicted octanol–water partition coefficient (Wildman–Crippen LogP) is -2.38. The summed E-state index contributed by atoms with van der Waals surface area (Å²) in [5, 5.41) is 0. The molecule has 0 aromatic heterocycles. The van der Waals surface area contributed by atoms with Crippen molar-refractivity contribution in [2.45, 2.75) is 0 Å². The Morgan fingerprint density at radius 3 is 0.500 bits per heavy atom. The van der Waals surface area contributed by atoms with Crippen LogP contribution in [0.3, 0.4) is 0 Å². The van der Waals surface area contributed by atoms with Gasteiger partial charge in [0, 0.05) is 0 Å². The third-order valence-electron chi connectivity index (χ3n) is 0. The summed E-state index contributed by atoms with van der Waals surface area (Å²) >= 11 is 13.6. The number of hydrogen-bond donors (Lipinski definition) is 0. The van der Waals surface area contributed by atoms with Gasteiger partial charge in [-0.2, -0.15) is 0 Å². The number of rotatable bonds is 0. The van der Waals surface area contributed by atoms with E-state index in [4.69, 9.17) is 18.6 Å². The molecule has 0 amide bonds. The van der Waals surface area contributed by atoms with Crippen LogP contribution in [0.5, 0.6) is 0 Å². The second-order valence-corrected chi connectivity index (χ2v) is 0. The third-order valence-corrected chi connectivity index (χ3v) is 0. The molecule has 0 aliphatic rings. The van der Waals surface area contributed by atoms with Gasteiger partial charge < -0.3 is 18.6 Å². The van der Waals surface area contributed by atoms with Crippen molar-refractivity contribution in [2.24, 2.45) is 0 Å². The van der Waals surface area contributed by atoms with Gasteiger partial charge in [0.05, 0.1) is 0 Å². The van der Waals surface area contributed by atoms with Crippen molar-refractivity contribution in [1.82, 2.24) is 0 Å². The average Bonchev–Trinajstić information content (AvgIpc) is 2.03. The molecule has 1 radical (unpaired) electrons. The Kier molecular flexibility index (Phi) is 684. The van der Waals surface area contributed by atoms with Crippen molar-refractivity contribution in [3.05, 3.63) is 0 Å². The van der Waals surface area contributed by atoms with Crippen LogP contribution in [0.25, 0.3) is 0 Å². The molecule has 0 aromatic carbocycles. The minimum Gasteiger partial charge on any atom is -0.769 e. The van der Waals surface area contributed by atoms with E-state index < -0.39 is 0 Å². The van der Waals surface area contributed by atoms with Crippen LogP contribution in [0.15, 0.2) is 0 Å². The summed E-state index contributed by atoms with van der Waals surface area (Å²) in [5.74, 6) is 0. The van der Waals surface area contributed by atoms with Gasteiger partial charge in [-0.25, -0.2) is 47.5 Å². The van der Waals surface area contributed by atoms with Gasteiger partial charge in [-0.3, -0.25) is 0 Å². The van der Waals surface area contributed by atoms with Crippen LogP contribution in [0, 0.1) is 0 Å². The molecule has 4 nitrogen and oxygen atoms in total. The molecule has 0 spiro atoms. The molecule has 0 rings (SSSR count). The largest absolute Gasteiger partial charge is 2.00 e. The van der Waals surface area contributed by atoms with E-state index in [1.807, 2.05) is 0 Å². The van der Waals surface area contributed by atoms with E-state index >= 15 is 0 Å². The van der Waals surface area contributed by atoms with Gasteiger partial charge in [0.1, 0.15) is 0 Å². The molecule has 10 heavy (non-hydrogen) atoms. The van der Waals surface area contributed by atoms with Crippen LogP contribution >= 0.6 is 47.5 Å². The first kappa shape index (κ1) is 38.6. The molecule has 65 valence electrons. The van der Waals surface area contributed by atoms with Gasteiger partial charge in [0.2, 0.25) is 0 Å². The Balaban J connectivity index is -0.00000000500. The molecule has 0 aromatic rings. The molecule has 0 heterocycles. The minimum atomic E-state index is 0. The SMILES string of the molecule is [Ca+2].[Cu+2].[O-]Cl.[O-]Cl.[O-]Cl.[O-]Cl. The molecule has 0 atom stereocenters. The maximum absolute atomic E-state index is 7.72. The fourth-order valence-corrected chi connectivity index (χ4v) is 0. The van der Waals surface area contributed by atoms with E-state index in [2.05, 4.69) is 47.5 Å². The first-order valence-corrected chi connectivity index (χ1v) is 1.85. The molecular weight excluding hydrogens is 309 g/mol. The fourth-order valence-electron chi connectivity index (χ4n) is 0. The quantitative estimate of drug-likeness (QED) is 0.467. The normalized spacial score (nSPS) is 2.40. The van der Waals surface area contributed by atoms with Crippen molar-refractivity contribution in [3.8, 4) is 0 Å². The topological polar surface area (TPSA) is 92.2 Å². The summed E-state index contributed by atoms with van der Waals surface area (Å²) in [4.78, 5) is 0. The van der Waals surface area contributed by atoms with Crippen LogP contribution in [0.4, 0.5) is 0 Å². The smallest absolute Gasteiger partial charge is 0.769 e. The molecule has 0 aliphatic heterocycles. The van der Waals surface area contributed by atoms with Crippen molar-refractivity contribution in [2.75, 3.05) is 0 Å². The van der Waals surface area contributed by atoms with Crippen LogP contribution < -0.4 is 18.6 Å². The summed E-state index contributed by atoms with van der Waals surface area (Å²) in [6.45, 7) is 0. The monoisotopic (exact) mass is 307 g/mol. The Labute approximate surface area is 119 Å². The zero-order valence-electron chi connectivity index (χ0n) is 4.15. The number of hydrogen-bond acceptors (Lipinski definition) is 4. The van der Waals surface area contributed by atoms with E-state index in [-0.39, 0.29) is 54.8 Å². The van der Waals surface area contributed by atoms with Crippen LogP contribution in [0.2, 0.25) is 0 Å². The summed E-state index contributed by atoms with van der Waals surface area (Å²) < 4.78 is 30.9. The van der Waals surface area contributed by atoms with Crippen LogP contribution in [-0.4, -0.2) is 37.7 Å². The van der Waals surface area contributed by atoms with Crippen molar-refractivity contribution in [3.63, 3.8) is 0 Å². The zero-order chi connectivity index (χ0) is 8.00. The Hall–Kier alpha value is 2.78. The fraction of sp³-hybridized carbons (Fsp3) is 0. The Morgan fingerprint density at radius 2 is 0.500 bits per heavy atom. The van der Waals surface area contributed by atoms with Crippen LogP contribution in [-0.2, 0) is 17.1 Å². The molecule has 0 N–H and O–H groups in total. The van der Waals surface area contributed by atoms with E-state index in [1.54, 1.807) is 0 Å². The molecule has 0 aliphatic carbocycles. The third kappa shape index (κ3) is 133. The molecule has 0 saturated heterocycles. The van der Waals surface area contributed by atoms with E-state index in [0.29, 0.717) is 0 Å². The summed E-state index contributed by atoms with van der Waals surface area (Å²) in [5.41, 5.74) is 0. The van der Waals surface area contributed by atoms with E-state index in [0.717, 1.165) is 0 Å². The zero-order valence-corrected chi connectivity index (χ0v) is 10.3. The molecule has 10 heteroatoms. The van der Waals surface area contributed by atoms with Gasteiger partial charge in [-0.1, -0.05) is 0 Å². The average molecular weight is 309 g/mol. The van der Waals surface area contributed by atoms with Gasteiger partial charge in [0.15, 0.2) is 0 Å². The summed E-state index contributed by atoms with van der Waals surface area (Å²) in [7, 11) is 0.